The minimum Gasteiger partial charge on any atom is -0.305 e. The van der Waals surface area contributed by atoms with Gasteiger partial charge in [0.2, 0.25) is 0 Å². The van der Waals surface area contributed by atoms with E-state index in [4.69, 9.17) is 0 Å². The van der Waals surface area contributed by atoms with Gasteiger partial charge in [-0.2, -0.15) is 0 Å². The highest BCUT2D eigenvalue weighted by molar-refractivity contribution is 5.25. The van der Waals surface area contributed by atoms with Crippen LogP contribution in [0.4, 0.5) is 0 Å². The van der Waals surface area contributed by atoms with Gasteiger partial charge in [-0.1, -0.05) is 57.0 Å². The predicted octanol–water partition coefficient (Wildman–Crippen LogP) is 4.17. The van der Waals surface area contributed by atoms with Crippen molar-refractivity contribution in [1.82, 2.24) is 10.2 Å². The summed E-state index contributed by atoms with van der Waals surface area (Å²) in [4.78, 5) is 2.73. The van der Waals surface area contributed by atoms with Crippen molar-refractivity contribution in [2.24, 2.45) is 0 Å². The number of piperazine rings is 1. The van der Waals surface area contributed by atoms with Crippen LogP contribution in [0.1, 0.15) is 58.9 Å². The Morgan fingerprint density at radius 2 is 1.81 bits per heavy atom. The van der Waals surface area contributed by atoms with Crippen molar-refractivity contribution in [1.29, 1.82) is 0 Å². The molecule has 1 saturated heterocycles. The summed E-state index contributed by atoms with van der Waals surface area (Å²) in [6.07, 6.45) is 5.16. The molecule has 1 fully saturated rings. The molecule has 0 bridgehead atoms. The van der Waals surface area contributed by atoms with Gasteiger partial charge in [-0.3, -0.25) is 4.90 Å². The summed E-state index contributed by atoms with van der Waals surface area (Å²) in [7, 11) is 0. The summed E-state index contributed by atoms with van der Waals surface area (Å²) >= 11 is 0. The van der Waals surface area contributed by atoms with E-state index < -0.39 is 0 Å². The van der Waals surface area contributed by atoms with Gasteiger partial charge in [0.05, 0.1) is 5.54 Å². The van der Waals surface area contributed by atoms with E-state index in [1.807, 2.05) is 0 Å². The highest BCUT2D eigenvalue weighted by Crippen LogP contribution is 2.32. The Kier molecular flexibility index (Phi) is 5.45. The van der Waals surface area contributed by atoms with Gasteiger partial charge in [0.1, 0.15) is 0 Å². The molecule has 2 heteroatoms. The number of hydrogen-bond donors (Lipinski definition) is 1. The van der Waals surface area contributed by atoms with Crippen molar-refractivity contribution in [2.75, 3.05) is 19.6 Å². The summed E-state index contributed by atoms with van der Waals surface area (Å²) in [6, 6.07) is 10.9. The zero-order chi connectivity index (χ0) is 15.3. The molecule has 0 amide bonds. The number of nitrogens with zero attached hydrogens (tertiary/aromatic N) is 1. The monoisotopic (exact) mass is 288 g/mol. The third-order valence-corrected chi connectivity index (χ3v) is 5.33. The highest BCUT2D eigenvalue weighted by Gasteiger charge is 2.42. The summed E-state index contributed by atoms with van der Waals surface area (Å²) in [5.41, 5.74) is 1.77. The third kappa shape index (κ3) is 3.67. The number of unbranched alkanes of at least 4 members (excludes halogenated alkanes) is 2. The molecule has 2 atom stereocenters. The van der Waals surface area contributed by atoms with E-state index in [-0.39, 0.29) is 5.54 Å². The van der Waals surface area contributed by atoms with Gasteiger partial charge in [-0.15, -0.1) is 0 Å². The number of benzene rings is 1. The molecule has 118 valence electrons. The topological polar surface area (TPSA) is 15.3 Å². The molecule has 1 heterocycles. The maximum absolute atomic E-state index is 3.83. The summed E-state index contributed by atoms with van der Waals surface area (Å²) in [5, 5.41) is 3.83. The van der Waals surface area contributed by atoms with Gasteiger partial charge < -0.3 is 5.32 Å². The van der Waals surface area contributed by atoms with Crippen molar-refractivity contribution in [3.8, 4) is 0 Å². The van der Waals surface area contributed by atoms with E-state index >= 15 is 0 Å². The van der Waals surface area contributed by atoms with E-state index in [9.17, 15) is 0 Å². The first kappa shape index (κ1) is 16.5. The molecule has 1 aromatic rings. The van der Waals surface area contributed by atoms with E-state index in [2.05, 4.69) is 68.2 Å². The Bertz CT molecular complexity index is 430. The summed E-state index contributed by atoms with van der Waals surface area (Å²) < 4.78 is 0. The van der Waals surface area contributed by atoms with E-state index in [0.717, 1.165) is 13.1 Å². The third-order valence-electron chi connectivity index (χ3n) is 5.33. The fraction of sp³-hybridized carbons (Fsp3) is 0.684. The van der Waals surface area contributed by atoms with E-state index in [1.165, 1.54) is 37.8 Å². The van der Waals surface area contributed by atoms with Crippen LogP contribution in [0.2, 0.25) is 0 Å². The Labute approximate surface area is 130 Å². The largest absolute Gasteiger partial charge is 0.305 e. The lowest BCUT2D eigenvalue weighted by molar-refractivity contribution is 0.0157. The molecule has 0 aromatic heterocycles. The zero-order valence-corrected chi connectivity index (χ0v) is 14.3. The lowest BCUT2D eigenvalue weighted by Gasteiger charge is -2.52. The average Bonchev–Trinajstić information content (AvgIpc) is 2.52. The molecule has 0 radical (unpaired) electrons. The standard InChI is InChI=1S/C19H32N2/c1-5-7-11-14-21-16-19(4,17-12-9-8-10-13-17)20-15-18(21,3)6-2/h8-10,12-13,20H,5-7,11,14-16H2,1-4H3. The number of rotatable bonds is 6. The molecule has 2 unspecified atom stereocenters. The maximum atomic E-state index is 3.83. The molecule has 2 rings (SSSR count). The van der Waals surface area contributed by atoms with Crippen LogP contribution in [0, 0.1) is 0 Å². The Balaban J connectivity index is 2.14. The maximum Gasteiger partial charge on any atom is 0.0535 e. The number of hydrogen-bond acceptors (Lipinski definition) is 2. The van der Waals surface area contributed by atoms with Crippen LogP contribution < -0.4 is 5.32 Å². The second kappa shape index (κ2) is 6.93. The SMILES string of the molecule is CCCCCN1CC(C)(c2ccccc2)NCC1(C)CC. The molecule has 21 heavy (non-hydrogen) atoms. The fourth-order valence-corrected chi connectivity index (χ4v) is 3.38. The van der Waals surface area contributed by atoms with Crippen LogP contribution in [0.15, 0.2) is 30.3 Å². The van der Waals surface area contributed by atoms with Crippen LogP contribution in [0.3, 0.4) is 0 Å². The van der Waals surface area contributed by atoms with Crippen LogP contribution in [-0.2, 0) is 5.54 Å². The quantitative estimate of drug-likeness (QED) is 0.791. The second-order valence-electron chi connectivity index (χ2n) is 7.03. The van der Waals surface area contributed by atoms with Gasteiger partial charge in [0.15, 0.2) is 0 Å². The fourth-order valence-electron chi connectivity index (χ4n) is 3.38. The van der Waals surface area contributed by atoms with Crippen molar-refractivity contribution in [3.63, 3.8) is 0 Å². The molecule has 1 aliphatic rings. The first-order valence-corrected chi connectivity index (χ1v) is 8.60. The van der Waals surface area contributed by atoms with E-state index in [1.54, 1.807) is 0 Å². The van der Waals surface area contributed by atoms with Gasteiger partial charge in [0, 0.05) is 18.6 Å². The number of nitrogens with one attached hydrogen (secondary N) is 1. The van der Waals surface area contributed by atoms with Crippen molar-refractivity contribution in [3.05, 3.63) is 35.9 Å². The predicted molar refractivity (Wildman–Crippen MR) is 91.6 cm³/mol. The minimum atomic E-state index is 0.0716. The van der Waals surface area contributed by atoms with Crippen LogP contribution in [0.5, 0.6) is 0 Å². The van der Waals surface area contributed by atoms with Crippen LogP contribution in [0.25, 0.3) is 0 Å². The summed E-state index contributed by atoms with van der Waals surface area (Å²) in [6.45, 7) is 12.8. The smallest absolute Gasteiger partial charge is 0.0535 e. The van der Waals surface area contributed by atoms with Crippen molar-refractivity contribution in [2.45, 2.75) is 64.5 Å². The van der Waals surface area contributed by atoms with E-state index in [0.29, 0.717) is 5.54 Å². The van der Waals surface area contributed by atoms with Gasteiger partial charge in [-0.25, -0.2) is 0 Å². The lowest BCUT2D eigenvalue weighted by atomic mass is 9.83. The lowest BCUT2D eigenvalue weighted by Crippen LogP contribution is -2.66. The van der Waals surface area contributed by atoms with Crippen molar-refractivity contribution < 1.29 is 0 Å². The second-order valence-corrected chi connectivity index (χ2v) is 7.03. The van der Waals surface area contributed by atoms with Gasteiger partial charge >= 0.3 is 0 Å². The molecule has 2 nitrogen and oxygen atoms in total. The normalized spacial score (nSPS) is 30.5. The first-order valence-electron chi connectivity index (χ1n) is 8.60. The molecule has 0 saturated carbocycles. The van der Waals surface area contributed by atoms with Crippen LogP contribution in [-0.4, -0.2) is 30.1 Å². The van der Waals surface area contributed by atoms with Gasteiger partial charge in [-0.05, 0) is 38.8 Å². The highest BCUT2D eigenvalue weighted by atomic mass is 15.3. The Hall–Kier alpha value is -0.860. The molecule has 0 spiro atoms. The van der Waals surface area contributed by atoms with Gasteiger partial charge in [0.25, 0.3) is 0 Å². The van der Waals surface area contributed by atoms with Crippen molar-refractivity contribution >= 4 is 0 Å². The Morgan fingerprint density at radius 1 is 1.10 bits per heavy atom. The zero-order valence-electron chi connectivity index (χ0n) is 14.3. The Morgan fingerprint density at radius 3 is 2.43 bits per heavy atom. The first-order chi connectivity index (χ1) is 10.0. The molecular weight excluding hydrogens is 256 g/mol. The molecular formula is C19H32N2. The summed E-state index contributed by atoms with van der Waals surface area (Å²) in [5.74, 6) is 0. The molecule has 1 N–H and O–H groups in total. The van der Waals surface area contributed by atoms with Crippen LogP contribution >= 0.6 is 0 Å². The molecule has 1 aliphatic heterocycles. The molecule has 1 aromatic carbocycles. The minimum absolute atomic E-state index is 0.0716. The average molecular weight is 288 g/mol. The molecule has 0 aliphatic carbocycles.